The van der Waals surface area contributed by atoms with Crippen LogP contribution in [-0.2, 0) is 0 Å². The minimum atomic E-state index is -0.828. The molecule has 0 amide bonds. The summed E-state index contributed by atoms with van der Waals surface area (Å²) in [6, 6.07) is 0. The fourth-order valence-electron chi connectivity index (χ4n) is 1.80. The van der Waals surface area contributed by atoms with E-state index in [9.17, 15) is 10.2 Å². The molecular formula is C12H22N4O2S2. The van der Waals surface area contributed by atoms with E-state index < -0.39 is 12.2 Å². The van der Waals surface area contributed by atoms with Crippen molar-refractivity contribution >= 4 is 33.9 Å². The summed E-state index contributed by atoms with van der Waals surface area (Å²) in [5.74, 6) is 0. The van der Waals surface area contributed by atoms with Gasteiger partial charge in [0, 0.05) is 23.6 Å². The van der Waals surface area contributed by atoms with E-state index in [0.29, 0.717) is 23.6 Å². The molecule has 0 fully saturated rings. The summed E-state index contributed by atoms with van der Waals surface area (Å²) >= 11 is 3.32. The van der Waals surface area contributed by atoms with Gasteiger partial charge in [0.25, 0.3) is 0 Å². The maximum atomic E-state index is 9.91. The highest BCUT2D eigenvalue weighted by molar-refractivity contribution is 8.14. The average Bonchev–Trinajstić information content (AvgIpc) is 3.02. The number of aliphatic hydroxyl groups is 2. The lowest BCUT2D eigenvalue weighted by Crippen LogP contribution is -2.43. The fraction of sp³-hybridized carbons (Fsp3) is 0.833. The molecule has 0 aromatic carbocycles. The predicted octanol–water partition coefficient (Wildman–Crippen LogP) is -0.130. The Morgan fingerprint density at radius 2 is 1.40 bits per heavy atom. The third-order valence-electron chi connectivity index (χ3n) is 2.98. The second-order valence-electron chi connectivity index (χ2n) is 5.05. The standard InChI is InChI=1S/C12H22N4O2S2/c1-7-3-13-11(19-7)15-5-9(17)10(18)6-16-12-14-4-8(2)20-12/h7-10,17-18H,3-6H2,1-2H3,(H,13,15)(H,14,16). The zero-order valence-electron chi connectivity index (χ0n) is 11.7. The Hall–Kier alpha value is -0.440. The number of thioether (sulfide) groups is 2. The van der Waals surface area contributed by atoms with Crippen molar-refractivity contribution in [2.45, 2.75) is 36.6 Å². The zero-order chi connectivity index (χ0) is 14.5. The molecule has 4 N–H and O–H groups in total. The first-order chi connectivity index (χ1) is 9.54. The molecule has 0 aromatic rings. The third-order valence-corrected chi connectivity index (χ3v) is 5.07. The molecule has 0 saturated heterocycles. The third kappa shape index (κ3) is 4.83. The summed E-state index contributed by atoms with van der Waals surface area (Å²) in [6.07, 6.45) is -1.66. The molecular weight excluding hydrogens is 296 g/mol. The number of hydrogen-bond acceptors (Lipinski definition) is 8. The van der Waals surface area contributed by atoms with Crippen LogP contribution in [0.2, 0.25) is 0 Å². The van der Waals surface area contributed by atoms with E-state index >= 15 is 0 Å². The first kappa shape index (κ1) is 15.9. The van der Waals surface area contributed by atoms with Gasteiger partial charge in [0.05, 0.1) is 25.3 Å². The molecule has 0 aromatic heterocycles. The van der Waals surface area contributed by atoms with E-state index in [1.165, 1.54) is 0 Å². The zero-order valence-corrected chi connectivity index (χ0v) is 13.4. The summed E-state index contributed by atoms with van der Waals surface area (Å²) in [6.45, 7) is 6.44. The van der Waals surface area contributed by atoms with E-state index in [4.69, 9.17) is 0 Å². The van der Waals surface area contributed by atoms with Gasteiger partial charge in [0.15, 0.2) is 10.3 Å². The van der Waals surface area contributed by atoms with Gasteiger partial charge in [-0.2, -0.15) is 0 Å². The van der Waals surface area contributed by atoms with E-state index in [0.717, 1.165) is 23.4 Å². The lowest BCUT2D eigenvalue weighted by Gasteiger charge is -2.19. The van der Waals surface area contributed by atoms with Crippen molar-refractivity contribution in [1.82, 2.24) is 10.6 Å². The summed E-state index contributed by atoms with van der Waals surface area (Å²) in [7, 11) is 0. The molecule has 6 nitrogen and oxygen atoms in total. The molecule has 2 heterocycles. The molecule has 8 heteroatoms. The van der Waals surface area contributed by atoms with Gasteiger partial charge in [-0.25, -0.2) is 0 Å². The molecule has 2 aliphatic heterocycles. The highest BCUT2D eigenvalue weighted by Gasteiger charge is 2.21. The number of nitrogens with one attached hydrogen (secondary N) is 2. The van der Waals surface area contributed by atoms with Crippen LogP contribution in [0.4, 0.5) is 0 Å². The smallest absolute Gasteiger partial charge is 0.157 e. The SMILES string of the molecule is CC1CN=C(NCC(O)C(O)CNC2=NCC(C)S2)S1. The van der Waals surface area contributed by atoms with Crippen molar-refractivity contribution < 1.29 is 10.2 Å². The van der Waals surface area contributed by atoms with Crippen LogP contribution < -0.4 is 10.6 Å². The predicted molar refractivity (Wildman–Crippen MR) is 86.7 cm³/mol. The maximum absolute atomic E-state index is 9.91. The number of aliphatic imine (C=N–C) groups is 2. The van der Waals surface area contributed by atoms with Crippen LogP contribution in [-0.4, -0.2) is 69.4 Å². The molecule has 2 aliphatic rings. The topological polar surface area (TPSA) is 89.2 Å². The van der Waals surface area contributed by atoms with Crippen LogP contribution >= 0.6 is 23.5 Å². The first-order valence-electron chi connectivity index (χ1n) is 6.80. The van der Waals surface area contributed by atoms with E-state index in [1.807, 2.05) is 0 Å². The highest BCUT2D eigenvalue weighted by Crippen LogP contribution is 2.19. The van der Waals surface area contributed by atoms with Gasteiger partial charge in [-0.15, -0.1) is 0 Å². The molecule has 114 valence electrons. The molecule has 2 rings (SSSR count). The number of nitrogens with zero attached hydrogens (tertiary/aromatic N) is 2. The minimum Gasteiger partial charge on any atom is -0.389 e. The normalized spacial score (nSPS) is 28.8. The Morgan fingerprint density at radius 1 is 1.00 bits per heavy atom. The van der Waals surface area contributed by atoms with Gasteiger partial charge in [-0.05, 0) is 0 Å². The van der Waals surface area contributed by atoms with Crippen molar-refractivity contribution in [1.29, 1.82) is 0 Å². The molecule has 0 bridgehead atoms. The molecule has 0 saturated carbocycles. The van der Waals surface area contributed by atoms with Crippen molar-refractivity contribution in [3.63, 3.8) is 0 Å². The Bertz CT molecular complexity index is 356. The lowest BCUT2D eigenvalue weighted by molar-refractivity contribution is 0.0262. The maximum Gasteiger partial charge on any atom is 0.157 e. The fourth-order valence-corrected chi connectivity index (χ4v) is 3.50. The molecule has 0 radical (unpaired) electrons. The largest absolute Gasteiger partial charge is 0.389 e. The Kier molecular flexibility index (Phi) is 6.01. The molecule has 4 atom stereocenters. The van der Waals surface area contributed by atoms with Gasteiger partial charge in [-0.3, -0.25) is 9.98 Å². The van der Waals surface area contributed by atoms with E-state index in [-0.39, 0.29) is 0 Å². The summed E-state index contributed by atoms with van der Waals surface area (Å²) in [5.41, 5.74) is 0. The molecule has 4 unspecified atom stereocenters. The minimum absolute atomic E-state index is 0.303. The summed E-state index contributed by atoms with van der Waals surface area (Å²) in [5, 5.41) is 28.6. The van der Waals surface area contributed by atoms with Gasteiger partial charge >= 0.3 is 0 Å². The van der Waals surface area contributed by atoms with Crippen LogP contribution in [0.3, 0.4) is 0 Å². The van der Waals surface area contributed by atoms with Crippen molar-refractivity contribution in [2.24, 2.45) is 9.98 Å². The average molecular weight is 318 g/mol. The van der Waals surface area contributed by atoms with Gasteiger partial charge in [-0.1, -0.05) is 37.4 Å². The Labute approximate surface area is 127 Å². The van der Waals surface area contributed by atoms with Crippen LogP contribution in [0.15, 0.2) is 9.98 Å². The number of hydrogen-bond donors (Lipinski definition) is 4. The lowest BCUT2D eigenvalue weighted by atomic mass is 10.2. The van der Waals surface area contributed by atoms with Crippen LogP contribution in [0.1, 0.15) is 13.8 Å². The summed E-state index contributed by atoms with van der Waals surface area (Å²) < 4.78 is 0. The van der Waals surface area contributed by atoms with Crippen molar-refractivity contribution in [2.75, 3.05) is 26.2 Å². The second kappa shape index (κ2) is 7.53. The number of rotatable bonds is 5. The molecule has 0 aliphatic carbocycles. The van der Waals surface area contributed by atoms with Crippen LogP contribution in [0.5, 0.6) is 0 Å². The van der Waals surface area contributed by atoms with Crippen molar-refractivity contribution in [3.8, 4) is 0 Å². The second-order valence-corrected chi connectivity index (χ2v) is 7.90. The summed E-state index contributed by atoms with van der Waals surface area (Å²) in [4.78, 5) is 8.61. The van der Waals surface area contributed by atoms with Gasteiger partial charge < -0.3 is 20.8 Å². The number of aliphatic hydroxyl groups excluding tert-OH is 2. The Balaban J connectivity index is 1.63. The quantitative estimate of drug-likeness (QED) is 0.565. The van der Waals surface area contributed by atoms with Gasteiger partial charge in [0.1, 0.15) is 0 Å². The Morgan fingerprint density at radius 3 is 1.70 bits per heavy atom. The monoisotopic (exact) mass is 318 g/mol. The first-order valence-corrected chi connectivity index (χ1v) is 8.56. The van der Waals surface area contributed by atoms with Crippen LogP contribution in [0.25, 0.3) is 0 Å². The highest BCUT2D eigenvalue weighted by atomic mass is 32.2. The molecule has 20 heavy (non-hydrogen) atoms. The van der Waals surface area contributed by atoms with Gasteiger partial charge in [0.2, 0.25) is 0 Å². The van der Waals surface area contributed by atoms with E-state index in [1.54, 1.807) is 23.5 Å². The molecule has 0 spiro atoms. The number of amidine groups is 2. The van der Waals surface area contributed by atoms with Crippen LogP contribution in [0, 0.1) is 0 Å². The van der Waals surface area contributed by atoms with E-state index in [2.05, 4.69) is 34.5 Å². The van der Waals surface area contributed by atoms with Crippen molar-refractivity contribution in [3.05, 3.63) is 0 Å².